The van der Waals surface area contributed by atoms with Crippen LogP contribution < -0.4 is 5.32 Å². The average Bonchev–Trinajstić information content (AvgIpc) is 2.23. The van der Waals surface area contributed by atoms with Crippen LogP contribution in [0.15, 0.2) is 6.07 Å². The van der Waals surface area contributed by atoms with Gasteiger partial charge < -0.3 is 10.4 Å². The van der Waals surface area contributed by atoms with Crippen molar-refractivity contribution in [3.63, 3.8) is 0 Å². The van der Waals surface area contributed by atoms with E-state index in [1.165, 1.54) is 6.07 Å². The van der Waals surface area contributed by atoms with Crippen LogP contribution in [0.4, 0.5) is 10.1 Å². The van der Waals surface area contributed by atoms with Gasteiger partial charge in [-0.3, -0.25) is 0 Å². The number of carboxylic acid groups (broad SMARTS) is 1. The molecule has 0 unspecified atom stereocenters. The Bertz CT molecular complexity index is 429. The maximum atomic E-state index is 13.8. The Hall–Kier alpha value is -1.58. The van der Waals surface area contributed by atoms with Gasteiger partial charge in [0.25, 0.3) is 0 Å². The molecular formula is C11H12FNO2. The van der Waals surface area contributed by atoms with E-state index in [4.69, 9.17) is 5.11 Å². The SMILES string of the molecule is Cc1cc(C(=O)O)c(F)c2c1NCCC2. The minimum atomic E-state index is -1.20. The number of aryl methyl sites for hydroxylation is 1. The fourth-order valence-corrected chi connectivity index (χ4v) is 1.98. The molecule has 2 N–H and O–H groups in total. The lowest BCUT2D eigenvalue weighted by atomic mass is 9.96. The summed E-state index contributed by atoms with van der Waals surface area (Å²) >= 11 is 0. The molecule has 0 aromatic heterocycles. The van der Waals surface area contributed by atoms with Crippen LogP contribution in [0, 0.1) is 12.7 Å². The van der Waals surface area contributed by atoms with Crippen molar-refractivity contribution in [2.45, 2.75) is 19.8 Å². The number of hydrogen-bond donors (Lipinski definition) is 2. The molecule has 15 heavy (non-hydrogen) atoms. The van der Waals surface area contributed by atoms with Gasteiger partial charge in [0.1, 0.15) is 5.82 Å². The summed E-state index contributed by atoms with van der Waals surface area (Å²) in [6.45, 7) is 2.61. The van der Waals surface area contributed by atoms with Crippen LogP contribution in [-0.2, 0) is 6.42 Å². The first-order chi connectivity index (χ1) is 7.11. The summed E-state index contributed by atoms with van der Waals surface area (Å²) in [6, 6.07) is 1.38. The molecule has 0 atom stereocenters. The van der Waals surface area contributed by atoms with Gasteiger partial charge in [-0.25, -0.2) is 9.18 Å². The van der Waals surface area contributed by atoms with Crippen molar-refractivity contribution >= 4 is 11.7 Å². The monoisotopic (exact) mass is 209 g/mol. The van der Waals surface area contributed by atoms with Gasteiger partial charge in [0.15, 0.2) is 0 Å². The van der Waals surface area contributed by atoms with Gasteiger partial charge in [-0.1, -0.05) is 0 Å². The lowest BCUT2D eigenvalue weighted by Crippen LogP contribution is -2.17. The lowest BCUT2D eigenvalue weighted by molar-refractivity contribution is 0.0691. The summed E-state index contributed by atoms with van der Waals surface area (Å²) in [5.74, 6) is -1.79. The Balaban J connectivity index is 2.64. The molecule has 1 aliphatic rings. The molecule has 4 heteroatoms. The van der Waals surface area contributed by atoms with Gasteiger partial charge in [0, 0.05) is 17.8 Å². The third-order valence-electron chi connectivity index (χ3n) is 2.69. The molecule has 0 bridgehead atoms. The maximum absolute atomic E-state index is 13.8. The molecule has 0 saturated carbocycles. The van der Waals surface area contributed by atoms with E-state index in [-0.39, 0.29) is 5.56 Å². The minimum Gasteiger partial charge on any atom is -0.478 e. The smallest absolute Gasteiger partial charge is 0.338 e. The number of aromatic carboxylic acids is 1. The fraction of sp³-hybridized carbons (Fsp3) is 0.364. The fourth-order valence-electron chi connectivity index (χ4n) is 1.98. The van der Waals surface area contributed by atoms with Crippen LogP contribution in [0.1, 0.15) is 27.9 Å². The summed E-state index contributed by atoms with van der Waals surface area (Å²) < 4.78 is 13.8. The van der Waals surface area contributed by atoms with Crippen LogP contribution in [0.2, 0.25) is 0 Å². The van der Waals surface area contributed by atoms with E-state index < -0.39 is 11.8 Å². The molecule has 0 amide bonds. The second-order valence-corrected chi connectivity index (χ2v) is 3.74. The quantitative estimate of drug-likeness (QED) is 0.745. The Morgan fingerprint density at radius 2 is 2.33 bits per heavy atom. The van der Waals surface area contributed by atoms with E-state index in [1.807, 2.05) is 0 Å². The summed E-state index contributed by atoms with van der Waals surface area (Å²) in [6.07, 6.45) is 1.45. The number of hydrogen-bond acceptors (Lipinski definition) is 2. The molecular weight excluding hydrogens is 197 g/mol. The number of rotatable bonds is 1. The van der Waals surface area contributed by atoms with E-state index in [9.17, 15) is 9.18 Å². The largest absolute Gasteiger partial charge is 0.478 e. The number of carboxylic acids is 1. The first-order valence-electron chi connectivity index (χ1n) is 4.90. The van der Waals surface area contributed by atoms with Crippen molar-refractivity contribution in [2.24, 2.45) is 0 Å². The van der Waals surface area contributed by atoms with E-state index in [0.29, 0.717) is 12.0 Å². The first kappa shape index (κ1) is 9.96. The van der Waals surface area contributed by atoms with E-state index in [0.717, 1.165) is 24.2 Å². The van der Waals surface area contributed by atoms with Crippen molar-refractivity contribution < 1.29 is 14.3 Å². The third-order valence-corrected chi connectivity index (χ3v) is 2.69. The Morgan fingerprint density at radius 3 is 3.00 bits per heavy atom. The normalized spacial score (nSPS) is 14.3. The van der Waals surface area contributed by atoms with Crippen molar-refractivity contribution in [2.75, 3.05) is 11.9 Å². The standard InChI is InChI=1S/C11H12FNO2/c1-6-5-8(11(14)15)9(12)7-3-2-4-13-10(6)7/h5,13H,2-4H2,1H3,(H,14,15). The molecule has 0 spiro atoms. The molecule has 1 aromatic rings. The molecule has 0 aliphatic carbocycles. The third kappa shape index (κ3) is 1.56. The van der Waals surface area contributed by atoms with Crippen LogP contribution >= 0.6 is 0 Å². The number of halogens is 1. The molecule has 1 aliphatic heterocycles. The number of anilines is 1. The molecule has 0 saturated heterocycles. The number of nitrogens with one attached hydrogen (secondary N) is 1. The van der Waals surface area contributed by atoms with Crippen LogP contribution in [0.3, 0.4) is 0 Å². The van der Waals surface area contributed by atoms with Crippen molar-refractivity contribution in [3.8, 4) is 0 Å². The molecule has 1 heterocycles. The molecule has 1 aromatic carbocycles. The second-order valence-electron chi connectivity index (χ2n) is 3.74. The molecule has 0 fully saturated rings. The molecule has 3 nitrogen and oxygen atoms in total. The summed E-state index contributed by atoms with van der Waals surface area (Å²) in [7, 11) is 0. The van der Waals surface area contributed by atoms with E-state index >= 15 is 0 Å². The highest BCUT2D eigenvalue weighted by atomic mass is 19.1. The predicted molar refractivity (Wildman–Crippen MR) is 54.9 cm³/mol. The van der Waals surface area contributed by atoms with Gasteiger partial charge >= 0.3 is 5.97 Å². The van der Waals surface area contributed by atoms with Crippen molar-refractivity contribution in [1.82, 2.24) is 0 Å². The number of benzene rings is 1. The van der Waals surface area contributed by atoms with Crippen molar-refractivity contribution in [1.29, 1.82) is 0 Å². The molecule has 80 valence electrons. The van der Waals surface area contributed by atoms with Gasteiger partial charge in [-0.2, -0.15) is 0 Å². The number of fused-ring (bicyclic) bond motifs is 1. The zero-order valence-electron chi connectivity index (χ0n) is 8.43. The molecule has 2 rings (SSSR count). The highest BCUT2D eigenvalue weighted by Gasteiger charge is 2.21. The Morgan fingerprint density at radius 1 is 1.60 bits per heavy atom. The van der Waals surface area contributed by atoms with Gasteiger partial charge in [-0.15, -0.1) is 0 Å². The minimum absolute atomic E-state index is 0.227. The zero-order chi connectivity index (χ0) is 11.0. The van der Waals surface area contributed by atoms with Crippen LogP contribution in [0.25, 0.3) is 0 Å². The Kier molecular flexibility index (Phi) is 2.34. The van der Waals surface area contributed by atoms with Crippen LogP contribution in [-0.4, -0.2) is 17.6 Å². The second kappa shape index (κ2) is 3.53. The molecule has 0 radical (unpaired) electrons. The highest BCUT2D eigenvalue weighted by Crippen LogP contribution is 2.30. The first-order valence-corrected chi connectivity index (χ1v) is 4.90. The highest BCUT2D eigenvalue weighted by molar-refractivity contribution is 5.89. The predicted octanol–water partition coefficient (Wildman–Crippen LogP) is 2.19. The van der Waals surface area contributed by atoms with Crippen LogP contribution in [0.5, 0.6) is 0 Å². The lowest BCUT2D eigenvalue weighted by Gasteiger charge is -2.21. The topological polar surface area (TPSA) is 49.3 Å². The number of carbonyl (C=O) groups is 1. The van der Waals surface area contributed by atoms with Gasteiger partial charge in [-0.05, 0) is 31.4 Å². The average molecular weight is 209 g/mol. The van der Waals surface area contributed by atoms with E-state index in [1.54, 1.807) is 6.92 Å². The van der Waals surface area contributed by atoms with E-state index in [2.05, 4.69) is 5.32 Å². The zero-order valence-corrected chi connectivity index (χ0v) is 8.43. The van der Waals surface area contributed by atoms with Crippen molar-refractivity contribution in [3.05, 3.63) is 28.6 Å². The Labute approximate surface area is 86.9 Å². The summed E-state index contributed by atoms with van der Waals surface area (Å²) in [5, 5.41) is 11.9. The summed E-state index contributed by atoms with van der Waals surface area (Å²) in [5.41, 5.74) is 1.85. The van der Waals surface area contributed by atoms with Gasteiger partial charge in [0.2, 0.25) is 0 Å². The summed E-state index contributed by atoms with van der Waals surface area (Å²) in [4.78, 5) is 10.8. The maximum Gasteiger partial charge on any atom is 0.338 e. The van der Waals surface area contributed by atoms with Gasteiger partial charge in [0.05, 0.1) is 5.56 Å².